The Bertz CT molecular complexity index is 380. The molecule has 1 aromatic heterocycles. The number of carbonyl (C=O) groups is 1. The molecule has 6 heteroatoms. The Balaban J connectivity index is 1.97. The van der Waals surface area contributed by atoms with Crippen LogP contribution >= 0.6 is 11.3 Å². The van der Waals surface area contributed by atoms with Crippen molar-refractivity contribution in [3.8, 4) is 0 Å². The molecule has 1 amide bonds. The molecule has 1 aromatic rings. The van der Waals surface area contributed by atoms with Gasteiger partial charge in [-0.15, -0.1) is 11.3 Å². The molecular formula is C10H15N3O2S. The maximum Gasteiger partial charge on any atom is 0.273 e. The van der Waals surface area contributed by atoms with Gasteiger partial charge in [0.25, 0.3) is 5.91 Å². The van der Waals surface area contributed by atoms with E-state index in [1.807, 2.05) is 4.90 Å². The van der Waals surface area contributed by atoms with Crippen LogP contribution < -0.4 is 5.73 Å². The van der Waals surface area contributed by atoms with E-state index in [2.05, 4.69) is 4.98 Å². The van der Waals surface area contributed by atoms with Gasteiger partial charge in [-0.2, -0.15) is 0 Å². The second-order valence-electron chi connectivity index (χ2n) is 3.93. The Morgan fingerprint density at radius 2 is 2.62 bits per heavy atom. The molecule has 2 rings (SSSR count). The van der Waals surface area contributed by atoms with E-state index in [0.717, 1.165) is 19.5 Å². The molecule has 88 valence electrons. The van der Waals surface area contributed by atoms with Crippen molar-refractivity contribution in [1.82, 2.24) is 9.88 Å². The molecule has 0 aliphatic carbocycles. The summed E-state index contributed by atoms with van der Waals surface area (Å²) in [7, 11) is 1.69. The fourth-order valence-electron chi connectivity index (χ4n) is 1.94. The predicted octanol–water partition coefficient (Wildman–Crippen LogP) is 0.834. The SMILES string of the molecule is COCC1CCN(C(=O)c2csc(N)n2)C1. The van der Waals surface area contributed by atoms with Gasteiger partial charge in [-0.3, -0.25) is 4.79 Å². The molecule has 0 aromatic carbocycles. The van der Waals surface area contributed by atoms with Crippen molar-refractivity contribution in [2.24, 2.45) is 5.92 Å². The summed E-state index contributed by atoms with van der Waals surface area (Å²) < 4.78 is 5.09. The lowest BCUT2D eigenvalue weighted by Gasteiger charge is -2.14. The van der Waals surface area contributed by atoms with Crippen molar-refractivity contribution in [3.63, 3.8) is 0 Å². The summed E-state index contributed by atoms with van der Waals surface area (Å²) in [6, 6.07) is 0. The van der Waals surface area contributed by atoms with Gasteiger partial charge in [-0.05, 0) is 6.42 Å². The third-order valence-corrected chi connectivity index (χ3v) is 3.39. The lowest BCUT2D eigenvalue weighted by atomic mass is 10.1. The van der Waals surface area contributed by atoms with Gasteiger partial charge in [0, 0.05) is 31.5 Å². The number of thiazole rings is 1. The van der Waals surface area contributed by atoms with Gasteiger partial charge in [-0.1, -0.05) is 0 Å². The number of nitrogens with two attached hydrogens (primary N) is 1. The number of likely N-dealkylation sites (tertiary alicyclic amines) is 1. The van der Waals surface area contributed by atoms with Crippen LogP contribution in [0, 0.1) is 5.92 Å². The van der Waals surface area contributed by atoms with Crippen molar-refractivity contribution in [2.45, 2.75) is 6.42 Å². The highest BCUT2D eigenvalue weighted by Gasteiger charge is 2.27. The highest BCUT2D eigenvalue weighted by atomic mass is 32.1. The zero-order chi connectivity index (χ0) is 11.5. The van der Waals surface area contributed by atoms with E-state index in [-0.39, 0.29) is 5.91 Å². The van der Waals surface area contributed by atoms with Crippen LogP contribution in [0.25, 0.3) is 0 Å². The van der Waals surface area contributed by atoms with Crippen LogP contribution in [0.2, 0.25) is 0 Å². The summed E-state index contributed by atoms with van der Waals surface area (Å²) in [5, 5.41) is 2.15. The molecule has 1 unspecified atom stereocenters. The number of methoxy groups -OCH3 is 1. The first-order valence-electron chi connectivity index (χ1n) is 5.20. The van der Waals surface area contributed by atoms with Gasteiger partial charge in [0.05, 0.1) is 6.61 Å². The fraction of sp³-hybridized carbons (Fsp3) is 0.600. The number of carbonyl (C=O) groups excluding carboxylic acids is 1. The average Bonchev–Trinajstić information content (AvgIpc) is 2.87. The number of nitrogen functional groups attached to an aromatic ring is 1. The quantitative estimate of drug-likeness (QED) is 0.851. The number of nitrogens with zero attached hydrogens (tertiary/aromatic N) is 2. The standard InChI is InChI=1S/C10H15N3O2S/c1-15-5-7-2-3-13(4-7)9(14)8-6-16-10(11)12-8/h6-7H,2-5H2,1H3,(H2,11,12). The summed E-state index contributed by atoms with van der Waals surface area (Å²) >= 11 is 1.30. The zero-order valence-corrected chi connectivity index (χ0v) is 10.00. The van der Waals surface area contributed by atoms with Crippen molar-refractivity contribution in [1.29, 1.82) is 0 Å². The molecule has 1 saturated heterocycles. The smallest absolute Gasteiger partial charge is 0.273 e. The van der Waals surface area contributed by atoms with Crippen LogP contribution in [0.4, 0.5) is 5.13 Å². The number of ether oxygens (including phenoxy) is 1. The van der Waals surface area contributed by atoms with Gasteiger partial charge in [0.15, 0.2) is 5.13 Å². The van der Waals surface area contributed by atoms with Gasteiger partial charge in [0.1, 0.15) is 5.69 Å². The van der Waals surface area contributed by atoms with E-state index < -0.39 is 0 Å². The molecule has 5 nitrogen and oxygen atoms in total. The lowest BCUT2D eigenvalue weighted by molar-refractivity contribution is 0.0770. The van der Waals surface area contributed by atoms with Gasteiger partial charge in [0.2, 0.25) is 0 Å². The van der Waals surface area contributed by atoms with Crippen molar-refractivity contribution >= 4 is 22.4 Å². The second-order valence-corrected chi connectivity index (χ2v) is 4.82. The predicted molar refractivity (Wildman–Crippen MR) is 62.4 cm³/mol. The monoisotopic (exact) mass is 241 g/mol. The minimum absolute atomic E-state index is 0.0217. The lowest BCUT2D eigenvalue weighted by Crippen LogP contribution is -2.29. The van der Waals surface area contributed by atoms with Crippen molar-refractivity contribution in [2.75, 3.05) is 32.5 Å². The summed E-state index contributed by atoms with van der Waals surface area (Å²) in [4.78, 5) is 17.8. The molecule has 1 aliphatic rings. The molecule has 1 atom stereocenters. The van der Waals surface area contributed by atoms with Crippen LogP contribution in [0.5, 0.6) is 0 Å². The van der Waals surface area contributed by atoms with E-state index in [9.17, 15) is 4.79 Å². The Labute approximate surface area is 98.2 Å². The Kier molecular flexibility index (Phi) is 3.40. The average molecular weight is 241 g/mol. The number of hydrogen-bond acceptors (Lipinski definition) is 5. The number of aromatic nitrogens is 1. The highest BCUT2D eigenvalue weighted by molar-refractivity contribution is 7.13. The minimum atomic E-state index is -0.0217. The van der Waals surface area contributed by atoms with Crippen LogP contribution in [0.15, 0.2) is 5.38 Å². The minimum Gasteiger partial charge on any atom is -0.384 e. The zero-order valence-electron chi connectivity index (χ0n) is 9.18. The van der Waals surface area contributed by atoms with Crippen LogP contribution in [0.3, 0.4) is 0 Å². The second kappa shape index (κ2) is 4.80. The van der Waals surface area contributed by atoms with E-state index in [0.29, 0.717) is 23.4 Å². The largest absolute Gasteiger partial charge is 0.384 e. The summed E-state index contributed by atoms with van der Waals surface area (Å²) in [6.07, 6.45) is 0.999. The topological polar surface area (TPSA) is 68.5 Å². The first-order valence-corrected chi connectivity index (χ1v) is 6.08. The molecule has 1 fully saturated rings. The molecule has 2 N–H and O–H groups in total. The molecule has 2 heterocycles. The Morgan fingerprint density at radius 1 is 1.81 bits per heavy atom. The third-order valence-electron chi connectivity index (χ3n) is 2.72. The molecule has 0 radical (unpaired) electrons. The first kappa shape index (κ1) is 11.3. The van der Waals surface area contributed by atoms with E-state index in [4.69, 9.17) is 10.5 Å². The van der Waals surface area contributed by atoms with Gasteiger partial charge >= 0.3 is 0 Å². The summed E-state index contributed by atoms with van der Waals surface area (Å²) in [5.74, 6) is 0.427. The Hall–Kier alpha value is -1.14. The maximum atomic E-state index is 12.0. The maximum absolute atomic E-state index is 12.0. The van der Waals surface area contributed by atoms with Gasteiger partial charge < -0.3 is 15.4 Å². The molecule has 16 heavy (non-hydrogen) atoms. The number of amides is 1. The Morgan fingerprint density at radius 3 is 3.25 bits per heavy atom. The molecule has 1 aliphatic heterocycles. The first-order chi connectivity index (χ1) is 7.70. The molecule has 0 bridgehead atoms. The van der Waals surface area contributed by atoms with Crippen molar-refractivity contribution < 1.29 is 9.53 Å². The number of rotatable bonds is 3. The molecule has 0 spiro atoms. The van der Waals surface area contributed by atoms with Crippen LogP contribution in [0.1, 0.15) is 16.9 Å². The third kappa shape index (κ3) is 2.33. The normalized spacial score (nSPS) is 20.3. The highest BCUT2D eigenvalue weighted by Crippen LogP contribution is 2.20. The summed E-state index contributed by atoms with van der Waals surface area (Å²) in [5.41, 5.74) is 5.97. The van der Waals surface area contributed by atoms with E-state index in [1.54, 1.807) is 12.5 Å². The van der Waals surface area contributed by atoms with Crippen LogP contribution in [-0.4, -0.2) is 42.6 Å². The van der Waals surface area contributed by atoms with E-state index >= 15 is 0 Å². The number of hydrogen-bond donors (Lipinski definition) is 1. The van der Waals surface area contributed by atoms with Crippen LogP contribution in [-0.2, 0) is 4.74 Å². The summed E-state index contributed by atoms with van der Waals surface area (Å²) in [6.45, 7) is 2.25. The van der Waals surface area contributed by atoms with Crippen molar-refractivity contribution in [3.05, 3.63) is 11.1 Å². The fourth-order valence-corrected chi connectivity index (χ4v) is 2.47. The molecule has 0 saturated carbocycles. The molecular weight excluding hydrogens is 226 g/mol. The van der Waals surface area contributed by atoms with E-state index in [1.165, 1.54) is 11.3 Å². The van der Waals surface area contributed by atoms with Gasteiger partial charge in [-0.25, -0.2) is 4.98 Å². The number of anilines is 1.